The Kier molecular flexibility index (Phi) is 9.18. The highest BCUT2D eigenvalue weighted by Gasteiger charge is 2.23. The molecule has 2 atom stereocenters. The maximum atomic E-state index is 12.3. The third kappa shape index (κ3) is 8.60. The van der Waals surface area contributed by atoms with Crippen molar-refractivity contribution < 1.29 is 19.4 Å². The third-order valence-electron chi connectivity index (χ3n) is 5.67. The number of ether oxygens (including phenoxy) is 1. The average Bonchev–Trinajstić information content (AvgIpc) is 3.22. The second kappa shape index (κ2) is 12.1. The molecule has 4 N–H and O–H groups in total. The van der Waals surface area contributed by atoms with Gasteiger partial charge in [0.05, 0.1) is 0 Å². The molecule has 188 valence electrons. The van der Waals surface area contributed by atoms with Crippen molar-refractivity contribution in [3.8, 4) is 0 Å². The number of carboxylic acids is 1. The first-order chi connectivity index (χ1) is 16.6. The molecule has 0 aliphatic heterocycles. The number of aromatic nitrogens is 1. The van der Waals surface area contributed by atoms with Crippen molar-refractivity contribution in [3.63, 3.8) is 0 Å². The Balaban J connectivity index is 1.79. The number of fused-ring (bicyclic) bond motifs is 1. The highest BCUT2D eigenvalue weighted by molar-refractivity contribution is 6.30. The van der Waals surface area contributed by atoms with Gasteiger partial charge in [0.15, 0.2) is 0 Å². The summed E-state index contributed by atoms with van der Waals surface area (Å²) >= 11 is 6.02. The Morgan fingerprint density at radius 1 is 1.09 bits per heavy atom. The number of alkyl carbamates (subject to hydrolysis) is 1. The number of H-pyrrole nitrogens is 1. The molecule has 0 radical (unpaired) electrons. The summed E-state index contributed by atoms with van der Waals surface area (Å²) in [5, 5.41) is 17.6. The Morgan fingerprint density at radius 2 is 1.80 bits per heavy atom. The third-order valence-corrected chi connectivity index (χ3v) is 5.92. The SMILES string of the molecule is CC(C)(C)OC(=O)NCC(CCc1ccc(Cl)cc1)N[C@@H](CCC(=O)O)c1c[nH]c2ccccc12. The van der Waals surface area contributed by atoms with Crippen LogP contribution in [-0.4, -0.2) is 40.3 Å². The summed E-state index contributed by atoms with van der Waals surface area (Å²) in [7, 11) is 0. The summed E-state index contributed by atoms with van der Waals surface area (Å²) in [6.45, 7) is 5.81. The van der Waals surface area contributed by atoms with Crippen LogP contribution in [0.1, 0.15) is 57.2 Å². The van der Waals surface area contributed by atoms with E-state index in [0.717, 1.165) is 34.9 Å². The zero-order valence-electron chi connectivity index (χ0n) is 20.4. The summed E-state index contributed by atoms with van der Waals surface area (Å²) in [5.41, 5.74) is 2.54. The van der Waals surface area contributed by atoms with E-state index in [9.17, 15) is 14.7 Å². The van der Waals surface area contributed by atoms with E-state index >= 15 is 0 Å². The number of aromatic amines is 1. The van der Waals surface area contributed by atoms with Crippen LogP contribution in [0.25, 0.3) is 10.9 Å². The van der Waals surface area contributed by atoms with Gasteiger partial charge in [-0.2, -0.15) is 0 Å². The highest BCUT2D eigenvalue weighted by atomic mass is 35.5. The van der Waals surface area contributed by atoms with Gasteiger partial charge < -0.3 is 25.5 Å². The fraction of sp³-hybridized carbons (Fsp3) is 0.407. The maximum absolute atomic E-state index is 12.3. The number of hydrogen-bond acceptors (Lipinski definition) is 4. The van der Waals surface area contributed by atoms with E-state index in [4.69, 9.17) is 16.3 Å². The van der Waals surface area contributed by atoms with Gasteiger partial charge in [0.2, 0.25) is 0 Å². The molecule has 1 aromatic heterocycles. The molecule has 7 nitrogen and oxygen atoms in total. The van der Waals surface area contributed by atoms with Gasteiger partial charge in [-0.1, -0.05) is 41.9 Å². The van der Waals surface area contributed by atoms with Crippen molar-refractivity contribution in [3.05, 3.63) is 70.9 Å². The van der Waals surface area contributed by atoms with Crippen LogP contribution in [0.4, 0.5) is 4.79 Å². The number of carbonyl (C=O) groups is 2. The fourth-order valence-electron chi connectivity index (χ4n) is 4.02. The minimum Gasteiger partial charge on any atom is -0.481 e. The van der Waals surface area contributed by atoms with Crippen LogP contribution >= 0.6 is 11.6 Å². The van der Waals surface area contributed by atoms with Crippen molar-refractivity contribution >= 4 is 34.6 Å². The summed E-state index contributed by atoms with van der Waals surface area (Å²) in [6.07, 6.45) is 3.39. The van der Waals surface area contributed by atoms with E-state index in [1.54, 1.807) is 0 Å². The number of nitrogens with one attached hydrogen (secondary N) is 3. The van der Waals surface area contributed by atoms with E-state index in [1.165, 1.54) is 0 Å². The number of rotatable bonds is 11. The molecule has 1 unspecified atom stereocenters. The first-order valence-electron chi connectivity index (χ1n) is 11.9. The Morgan fingerprint density at radius 3 is 2.49 bits per heavy atom. The molecular formula is C27H34ClN3O4. The zero-order valence-corrected chi connectivity index (χ0v) is 21.2. The molecule has 0 aliphatic rings. The van der Waals surface area contributed by atoms with Gasteiger partial charge in [-0.25, -0.2) is 4.79 Å². The lowest BCUT2D eigenvalue weighted by Gasteiger charge is -2.27. The normalized spacial score (nSPS) is 13.4. The van der Waals surface area contributed by atoms with Gasteiger partial charge in [-0.15, -0.1) is 0 Å². The van der Waals surface area contributed by atoms with Crippen LogP contribution in [0, 0.1) is 0 Å². The quantitative estimate of drug-likeness (QED) is 0.265. The molecule has 35 heavy (non-hydrogen) atoms. The van der Waals surface area contributed by atoms with Gasteiger partial charge in [0, 0.05) is 47.2 Å². The summed E-state index contributed by atoms with van der Waals surface area (Å²) in [5.74, 6) is -0.846. The number of para-hydroxylation sites is 1. The van der Waals surface area contributed by atoms with Gasteiger partial charge in [-0.3, -0.25) is 4.79 Å². The van der Waals surface area contributed by atoms with E-state index in [-0.39, 0.29) is 18.5 Å². The number of hydrogen-bond donors (Lipinski definition) is 4. The Bertz CT molecular complexity index is 1120. The Labute approximate surface area is 211 Å². The molecule has 3 rings (SSSR count). The lowest BCUT2D eigenvalue weighted by atomic mass is 9.98. The molecule has 3 aromatic rings. The molecule has 0 saturated carbocycles. The van der Waals surface area contributed by atoms with Crippen LogP contribution in [0.5, 0.6) is 0 Å². The van der Waals surface area contributed by atoms with E-state index in [0.29, 0.717) is 18.0 Å². The fourth-order valence-corrected chi connectivity index (χ4v) is 4.15. The molecule has 0 bridgehead atoms. The molecule has 0 aliphatic carbocycles. The van der Waals surface area contributed by atoms with Crippen LogP contribution in [-0.2, 0) is 16.0 Å². The van der Waals surface area contributed by atoms with Crippen LogP contribution in [0.15, 0.2) is 54.7 Å². The number of aliphatic carboxylic acids is 1. The second-order valence-corrected chi connectivity index (χ2v) is 10.1. The van der Waals surface area contributed by atoms with E-state index in [2.05, 4.69) is 15.6 Å². The molecule has 0 fully saturated rings. The summed E-state index contributed by atoms with van der Waals surface area (Å²) in [6, 6.07) is 15.3. The molecule has 2 aromatic carbocycles. The number of carboxylic acid groups (broad SMARTS) is 1. The van der Waals surface area contributed by atoms with Crippen molar-refractivity contribution in [1.29, 1.82) is 0 Å². The van der Waals surface area contributed by atoms with Gasteiger partial charge >= 0.3 is 12.1 Å². The molecule has 1 heterocycles. The average molecular weight is 500 g/mol. The molecule has 8 heteroatoms. The predicted octanol–water partition coefficient (Wildman–Crippen LogP) is 5.84. The molecule has 1 amide bonds. The van der Waals surface area contributed by atoms with Crippen LogP contribution < -0.4 is 10.6 Å². The molecular weight excluding hydrogens is 466 g/mol. The minimum absolute atomic E-state index is 0.0283. The van der Waals surface area contributed by atoms with Gasteiger partial charge in [0.1, 0.15) is 5.60 Å². The smallest absolute Gasteiger partial charge is 0.407 e. The lowest BCUT2D eigenvalue weighted by Crippen LogP contribution is -2.44. The summed E-state index contributed by atoms with van der Waals surface area (Å²) in [4.78, 5) is 27.0. The maximum Gasteiger partial charge on any atom is 0.407 e. The minimum atomic E-state index is -0.846. The first kappa shape index (κ1) is 26.6. The lowest BCUT2D eigenvalue weighted by molar-refractivity contribution is -0.137. The highest BCUT2D eigenvalue weighted by Crippen LogP contribution is 2.28. The second-order valence-electron chi connectivity index (χ2n) is 9.69. The van der Waals surface area contributed by atoms with Gasteiger partial charge in [0.25, 0.3) is 0 Å². The topological polar surface area (TPSA) is 103 Å². The predicted molar refractivity (Wildman–Crippen MR) is 139 cm³/mol. The Hall–Kier alpha value is -3.03. The summed E-state index contributed by atoms with van der Waals surface area (Å²) < 4.78 is 5.40. The van der Waals surface area contributed by atoms with Crippen LogP contribution in [0.2, 0.25) is 5.02 Å². The zero-order chi connectivity index (χ0) is 25.4. The molecule has 0 spiro atoms. The standard InChI is InChI=1S/C27H34ClN3O4/c1-27(2,3)35-26(34)30-16-20(13-10-18-8-11-19(28)12-9-18)31-24(14-15-25(32)33)22-17-29-23-7-5-4-6-21(22)23/h4-9,11-12,17,20,24,29,31H,10,13-16H2,1-3H3,(H,30,34)(H,32,33)/t20?,24-/m0/s1. The van der Waals surface area contributed by atoms with E-state index in [1.807, 2.05) is 75.5 Å². The van der Waals surface area contributed by atoms with E-state index < -0.39 is 17.7 Å². The monoisotopic (exact) mass is 499 g/mol. The van der Waals surface area contributed by atoms with Crippen molar-refractivity contribution in [2.45, 2.75) is 64.1 Å². The number of carbonyl (C=O) groups excluding carboxylic acids is 1. The van der Waals surface area contributed by atoms with Crippen molar-refractivity contribution in [1.82, 2.24) is 15.6 Å². The first-order valence-corrected chi connectivity index (χ1v) is 12.2. The largest absolute Gasteiger partial charge is 0.481 e. The number of halogens is 1. The number of amides is 1. The van der Waals surface area contributed by atoms with Gasteiger partial charge in [-0.05, 0) is 69.4 Å². The number of benzene rings is 2. The van der Waals surface area contributed by atoms with Crippen molar-refractivity contribution in [2.75, 3.05) is 6.54 Å². The molecule has 0 saturated heterocycles. The van der Waals surface area contributed by atoms with Crippen LogP contribution in [0.3, 0.4) is 0 Å². The van der Waals surface area contributed by atoms with Crippen molar-refractivity contribution in [2.24, 2.45) is 0 Å². The number of aryl methyl sites for hydroxylation is 1.